The molecule has 2 rings (SSSR count). The van der Waals surface area contributed by atoms with Gasteiger partial charge in [0, 0.05) is 6.04 Å². The Hall–Kier alpha value is -0.0800. The van der Waals surface area contributed by atoms with Crippen LogP contribution in [-0.4, -0.2) is 6.04 Å². The Morgan fingerprint density at radius 1 is 1.21 bits per heavy atom. The number of hydrogen-bond acceptors (Lipinski definition) is 2. The summed E-state index contributed by atoms with van der Waals surface area (Å²) >= 11 is 0. The van der Waals surface area contributed by atoms with Gasteiger partial charge < -0.3 is 0 Å². The fourth-order valence-corrected chi connectivity index (χ4v) is 3.72. The van der Waals surface area contributed by atoms with E-state index in [0.717, 1.165) is 17.8 Å². The fraction of sp³-hybridized carbons (Fsp3) is 1.00. The maximum atomic E-state index is 5.72. The summed E-state index contributed by atoms with van der Waals surface area (Å²) in [6, 6.07) is 0.498. The third-order valence-corrected chi connectivity index (χ3v) is 4.33. The lowest BCUT2D eigenvalue weighted by atomic mass is 9.73. The number of rotatable bonds is 2. The zero-order chi connectivity index (χ0) is 10.3. The molecule has 2 bridgehead atoms. The van der Waals surface area contributed by atoms with Crippen molar-refractivity contribution in [2.75, 3.05) is 0 Å². The molecule has 0 heterocycles. The second-order valence-electron chi connectivity index (χ2n) is 6.35. The molecule has 0 radical (unpaired) electrons. The van der Waals surface area contributed by atoms with Crippen LogP contribution >= 0.6 is 0 Å². The molecule has 0 saturated heterocycles. The van der Waals surface area contributed by atoms with E-state index in [2.05, 4.69) is 26.2 Å². The lowest BCUT2D eigenvalue weighted by molar-refractivity contribution is 0.146. The first kappa shape index (κ1) is 10.4. The van der Waals surface area contributed by atoms with Gasteiger partial charge in [-0.1, -0.05) is 27.2 Å². The summed E-state index contributed by atoms with van der Waals surface area (Å²) in [7, 11) is 0. The van der Waals surface area contributed by atoms with E-state index in [-0.39, 0.29) is 0 Å². The van der Waals surface area contributed by atoms with Crippen LogP contribution in [0.1, 0.15) is 46.5 Å². The van der Waals surface area contributed by atoms with Crippen molar-refractivity contribution in [3.8, 4) is 0 Å². The van der Waals surface area contributed by atoms with Crippen molar-refractivity contribution in [3.63, 3.8) is 0 Å². The molecule has 2 saturated carbocycles. The van der Waals surface area contributed by atoms with E-state index in [9.17, 15) is 0 Å². The summed E-state index contributed by atoms with van der Waals surface area (Å²) < 4.78 is 0. The highest BCUT2D eigenvalue weighted by atomic mass is 15.2. The third kappa shape index (κ3) is 1.70. The number of hydrogen-bond donors (Lipinski definition) is 2. The van der Waals surface area contributed by atoms with Crippen molar-refractivity contribution in [2.24, 2.45) is 29.0 Å². The van der Waals surface area contributed by atoms with Crippen molar-refractivity contribution in [3.05, 3.63) is 0 Å². The van der Waals surface area contributed by atoms with Gasteiger partial charge in [-0.05, 0) is 42.4 Å². The molecule has 0 aromatic heterocycles. The molecular weight excluding hydrogens is 172 g/mol. The maximum absolute atomic E-state index is 5.72. The van der Waals surface area contributed by atoms with E-state index < -0.39 is 0 Å². The van der Waals surface area contributed by atoms with E-state index in [1.54, 1.807) is 0 Å². The Labute approximate surface area is 87.6 Å². The predicted molar refractivity (Wildman–Crippen MR) is 59.5 cm³/mol. The highest BCUT2D eigenvalue weighted by Gasteiger charge is 2.45. The highest BCUT2D eigenvalue weighted by Crippen LogP contribution is 2.51. The van der Waals surface area contributed by atoms with E-state index in [1.165, 1.54) is 25.7 Å². The Kier molecular flexibility index (Phi) is 2.61. The molecule has 4 unspecified atom stereocenters. The zero-order valence-electron chi connectivity index (χ0n) is 9.72. The molecule has 2 aliphatic rings. The average Bonchev–Trinajstić information content (AvgIpc) is 2.63. The van der Waals surface area contributed by atoms with Gasteiger partial charge in [0.05, 0.1) is 0 Å². The van der Waals surface area contributed by atoms with Crippen LogP contribution in [0.25, 0.3) is 0 Å². The summed E-state index contributed by atoms with van der Waals surface area (Å²) in [6.07, 6.45) is 5.81. The summed E-state index contributed by atoms with van der Waals surface area (Å²) in [5.41, 5.74) is 3.36. The molecule has 0 aromatic rings. The number of fused-ring (bicyclic) bond motifs is 2. The molecule has 2 heteroatoms. The molecule has 3 N–H and O–H groups in total. The van der Waals surface area contributed by atoms with Crippen LogP contribution in [0.4, 0.5) is 0 Å². The normalized spacial score (nSPS) is 39.0. The third-order valence-electron chi connectivity index (χ3n) is 4.33. The summed E-state index contributed by atoms with van der Waals surface area (Å²) in [5, 5.41) is 0. The van der Waals surface area contributed by atoms with Crippen molar-refractivity contribution in [1.29, 1.82) is 0 Å². The quantitative estimate of drug-likeness (QED) is 0.525. The summed E-state index contributed by atoms with van der Waals surface area (Å²) in [6.45, 7) is 6.89. The monoisotopic (exact) mass is 196 g/mol. The minimum absolute atomic E-state index is 0.296. The van der Waals surface area contributed by atoms with Gasteiger partial charge in [-0.25, -0.2) is 0 Å². The lowest BCUT2D eigenvalue weighted by Gasteiger charge is -2.38. The fourth-order valence-electron chi connectivity index (χ4n) is 3.72. The minimum atomic E-state index is 0.296. The zero-order valence-corrected chi connectivity index (χ0v) is 9.72. The van der Waals surface area contributed by atoms with Crippen LogP contribution in [0.5, 0.6) is 0 Å². The van der Waals surface area contributed by atoms with Crippen LogP contribution in [0.15, 0.2) is 0 Å². The standard InChI is InChI=1S/C12H24N2/c1-12(2,3)11(14-13)10-7-8-4-5-9(10)6-8/h8-11,14H,4-7,13H2,1-3H3. The molecular formula is C12H24N2. The second kappa shape index (κ2) is 3.49. The number of nitrogens with two attached hydrogens (primary N) is 1. The molecule has 82 valence electrons. The van der Waals surface area contributed by atoms with Crippen molar-refractivity contribution < 1.29 is 0 Å². The van der Waals surface area contributed by atoms with Gasteiger partial charge in [-0.15, -0.1) is 0 Å². The molecule has 2 aliphatic carbocycles. The molecule has 0 spiro atoms. The van der Waals surface area contributed by atoms with E-state index >= 15 is 0 Å². The minimum Gasteiger partial charge on any atom is -0.271 e. The van der Waals surface area contributed by atoms with Crippen molar-refractivity contribution in [1.82, 2.24) is 5.43 Å². The van der Waals surface area contributed by atoms with Crippen LogP contribution < -0.4 is 11.3 Å². The van der Waals surface area contributed by atoms with E-state index in [1.807, 2.05) is 0 Å². The lowest BCUT2D eigenvalue weighted by Crippen LogP contribution is -2.50. The van der Waals surface area contributed by atoms with Gasteiger partial charge in [0.15, 0.2) is 0 Å². The van der Waals surface area contributed by atoms with Crippen LogP contribution in [-0.2, 0) is 0 Å². The largest absolute Gasteiger partial charge is 0.271 e. The second-order valence-corrected chi connectivity index (χ2v) is 6.35. The van der Waals surface area contributed by atoms with Crippen LogP contribution in [0.3, 0.4) is 0 Å². The van der Waals surface area contributed by atoms with Gasteiger partial charge in [0.25, 0.3) is 0 Å². The van der Waals surface area contributed by atoms with Gasteiger partial charge >= 0.3 is 0 Å². The van der Waals surface area contributed by atoms with Gasteiger partial charge in [-0.3, -0.25) is 11.3 Å². The molecule has 2 fully saturated rings. The predicted octanol–water partition coefficient (Wildman–Crippen LogP) is 2.30. The van der Waals surface area contributed by atoms with Gasteiger partial charge in [0.1, 0.15) is 0 Å². The Morgan fingerprint density at radius 3 is 2.29 bits per heavy atom. The number of nitrogens with one attached hydrogen (secondary N) is 1. The Balaban J connectivity index is 2.06. The van der Waals surface area contributed by atoms with E-state index in [0.29, 0.717) is 11.5 Å². The Morgan fingerprint density at radius 2 is 1.93 bits per heavy atom. The smallest absolute Gasteiger partial charge is 0.0289 e. The first-order valence-corrected chi connectivity index (χ1v) is 5.98. The highest BCUT2D eigenvalue weighted by molar-refractivity contribution is 4.98. The first-order valence-electron chi connectivity index (χ1n) is 5.98. The van der Waals surface area contributed by atoms with Gasteiger partial charge in [-0.2, -0.15) is 0 Å². The van der Waals surface area contributed by atoms with Crippen LogP contribution in [0, 0.1) is 23.2 Å². The average molecular weight is 196 g/mol. The topological polar surface area (TPSA) is 38.0 Å². The van der Waals surface area contributed by atoms with Crippen molar-refractivity contribution in [2.45, 2.75) is 52.5 Å². The summed E-state index contributed by atoms with van der Waals surface area (Å²) in [5.74, 6) is 8.53. The molecule has 2 nitrogen and oxygen atoms in total. The Bertz CT molecular complexity index is 207. The van der Waals surface area contributed by atoms with Crippen LogP contribution in [0.2, 0.25) is 0 Å². The molecule has 14 heavy (non-hydrogen) atoms. The SMILES string of the molecule is CC(C)(C)C(NN)C1CC2CCC1C2. The maximum Gasteiger partial charge on any atom is 0.0289 e. The molecule has 0 aromatic carbocycles. The number of hydrazine groups is 1. The molecule has 4 atom stereocenters. The first-order chi connectivity index (χ1) is 6.52. The molecule has 0 amide bonds. The molecule has 0 aliphatic heterocycles. The van der Waals surface area contributed by atoms with Gasteiger partial charge in [0.2, 0.25) is 0 Å². The van der Waals surface area contributed by atoms with E-state index in [4.69, 9.17) is 5.84 Å². The van der Waals surface area contributed by atoms with Crippen molar-refractivity contribution >= 4 is 0 Å². The summed E-state index contributed by atoms with van der Waals surface area (Å²) in [4.78, 5) is 0.